The van der Waals surface area contributed by atoms with E-state index in [4.69, 9.17) is 0 Å². The van der Waals surface area contributed by atoms with Gasteiger partial charge in [0.1, 0.15) is 0 Å². The number of carbonyl (C=O) groups excluding carboxylic acids is 1. The molecule has 10 nitrogen and oxygen atoms in total. The Morgan fingerprint density at radius 3 is 2.44 bits per heavy atom. The fraction of sp³-hybridized carbons (Fsp3) is 0.0968. The third kappa shape index (κ3) is 6.69. The highest BCUT2D eigenvalue weighted by Crippen LogP contribution is 2.25. The summed E-state index contributed by atoms with van der Waals surface area (Å²) in [5, 5.41) is 20.6. The summed E-state index contributed by atoms with van der Waals surface area (Å²) in [6, 6.07) is 23.5. The molecule has 204 valence electrons. The van der Waals surface area contributed by atoms with Gasteiger partial charge >= 0.3 is 0 Å². The van der Waals surface area contributed by atoms with Gasteiger partial charge in [0.05, 0.1) is 10.6 Å². The van der Waals surface area contributed by atoms with Crippen LogP contribution in [0.5, 0.6) is 0 Å². The zero-order valence-corrected chi connectivity index (χ0v) is 22.5. The first-order chi connectivity index (χ1) is 19.9. The highest BCUT2D eigenvalue weighted by Gasteiger charge is 2.13. The Kier molecular flexibility index (Phi) is 7.91. The number of pyridine rings is 1. The molecule has 41 heavy (non-hydrogen) atoms. The number of hydrogen-bond donors (Lipinski definition) is 3. The zero-order chi connectivity index (χ0) is 28.8. The molecule has 0 aliphatic rings. The van der Waals surface area contributed by atoms with Gasteiger partial charge in [0.15, 0.2) is 0 Å². The van der Waals surface area contributed by atoms with Gasteiger partial charge in [-0.3, -0.25) is 19.9 Å². The van der Waals surface area contributed by atoms with E-state index in [-0.39, 0.29) is 11.6 Å². The molecule has 10 heteroatoms. The Morgan fingerprint density at radius 1 is 0.902 bits per heavy atom. The predicted octanol–water partition coefficient (Wildman–Crippen LogP) is 6.67. The summed E-state index contributed by atoms with van der Waals surface area (Å²) < 4.78 is 0. The Bertz CT molecular complexity index is 1710. The first-order valence-electron chi connectivity index (χ1n) is 12.9. The number of hydrogen-bond acceptors (Lipinski definition) is 8. The average Bonchev–Trinajstić information content (AvgIpc) is 2.99. The minimum atomic E-state index is -0.463. The van der Waals surface area contributed by atoms with Gasteiger partial charge in [-0.25, -0.2) is 9.97 Å². The molecule has 0 radical (unpaired) electrons. The van der Waals surface area contributed by atoms with Crippen LogP contribution >= 0.6 is 0 Å². The molecule has 2 aromatic heterocycles. The number of benzene rings is 3. The van der Waals surface area contributed by atoms with Crippen LogP contribution in [0, 0.1) is 24.0 Å². The topological polar surface area (TPSA) is 135 Å². The van der Waals surface area contributed by atoms with Crippen molar-refractivity contribution in [3.63, 3.8) is 0 Å². The molecular weight excluding hydrogens is 518 g/mol. The van der Waals surface area contributed by atoms with Crippen molar-refractivity contribution in [3.8, 4) is 11.3 Å². The van der Waals surface area contributed by atoms with Crippen LogP contribution in [0.1, 0.15) is 27.0 Å². The van der Waals surface area contributed by atoms with Gasteiger partial charge in [-0.1, -0.05) is 24.3 Å². The van der Waals surface area contributed by atoms with Crippen LogP contribution in [-0.2, 0) is 6.54 Å². The van der Waals surface area contributed by atoms with Crippen molar-refractivity contribution >= 4 is 34.6 Å². The molecule has 0 saturated heterocycles. The van der Waals surface area contributed by atoms with Crippen LogP contribution in [0.3, 0.4) is 0 Å². The van der Waals surface area contributed by atoms with E-state index in [1.807, 2.05) is 55.5 Å². The lowest BCUT2D eigenvalue weighted by atomic mass is 10.1. The van der Waals surface area contributed by atoms with Crippen molar-refractivity contribution in [3.05, 3.63) is 130 Å². The summed E-state index contributed by atoms with van der Waals surface area (Å²) in [4.78, 5) is 36.5. The van der Waals surface area contributed by atoms with E-state index in [1.54, 1.807) is 49.8 Å². The minimum Gasteiger partial charge on any atom is -0.381 e. The van der Waals surface area contributed by atoms with Crippen molar-refractivity contribution in [2.45, 2.75) is 20.4 Å². The SMILES string of the molecule is Cc1ccc(NCc2ccc(C(=O)Nc3ccc(C)c([N+](=O)[O-])c3)cc2)cc1Nc1nccc(-c2cccnc2)n1. The lowest BCUT2D eigenvalue weighted by Gasteiger charge is -2.13. The molecule has 1 amide bonds. The number of nitro groups is 1. The minimum absolute atomic E-state index is 0.0375. The van der Waals surface area contributed by atoms with Gasteiger partial charge in [0, 0.05) is 65.0 Å². The van der Waals surface area contributed by atoms with Gasteiger partial charge in [-0.05, 0) is 73.5 Å². The number of amides is 1. The van der Waals surface area contributed by atoms with Gasteiger partial charge in [-0.2, -0.15) is 0 Å². The number of aromatic nitrogens is 3. The van der Waals surface area contributed by atoms with Crippen LogP contribution in [-0.4, -0.2) is 25.8 Å². The molecule has 3 N–H and O–H groups in total. The average molecular weight is 546 g/mol. The van der Waals surface area contributed by atoms with Gasteiger partial charge in [0.25, 0.3) is 11.6 Å². The summed E-state index contributed by atoms with van der Waals surface area (Å²) in [7, 11) is 0. The Hall–Kier alpha value is -5.64. The second-order valence-electron chi connectivity index (χ2n) is 9.42. The largest absolute Gasteiger partial charge is 0.381 e. The molecule has 2 heterocycles. The highest BCUT2D eigenvalue weighted by molar-refractivity contribution is 6.04. The second kappa shape index (κ2) is 12.0. The Balaban J connectivity index is 1.21. The number of rotatable bonds is 9. The number of aryl methyl sites for hydroxylation is 2. The van der Waals surface area contributed by atoms with E-state index in [0.717, 1.165) is 33.8 Å². The van der Waals surface area contributed by atoms with Gasteiger partial charge in [-0.15, -0.1) is 0 Å². The first kappa shape index (κ1) is 26.9. The third-order valence-corrected chi connectivity index (χ3v) is 6.47. The summed E-state index contributed by atoms with van der Waals surface area (Å²) in [5.41, 5.74) is 6.81. The fourth-order valence-corrected chi connectivity index (χ4v) is 4.15. The maximum Gasteiger partial charge on any atom is 0.274 e. The molecule has 0 atom stereocenters. The molecule has 0 aliphatic heterocycles. The normalized spacial score (nSPS) is 10.6. The highest BCUT2D eigenvalue weighted by atomic mass is 16.6. The van der Waals surface area contributed by atoms with E-state index in [1.165, 1.54) is 6.07 Å². The molecular formula is C31H27N7O3. The zero-order valence-electron chi connectivity index (χ0n) is 22.5. The number of nitro benzene ring substituents is 1. The quantitative estimate of drug-likeness (QED) is 0.138. The van der Waals surface area contributed by atoms with Crippen LogP contribution < -0.4 is 16.0 Å². The summed E-state index contributed by atoms with van der Waals surface area (Å²) in [5.74, 6) is 0.146. The van der Waals surface area contributed by atoms with E-state index >= 15 is 0 Å². The molecule has 3 aromatic carbocycles. The van der Waals surface area contributed by atoms with Crippen LogP contribution in [0.15, 0.2) is 97.5 Å². The molecule has 0 fully saturated rings. The number of nitrogens with one attached hydrogen (secondary N) is 3. The van der Waals surface area contributed by atoms with Crippen LogP contribution in [0.2, 0.25) is 0 Å². The van der Waals surface area contributed by atoms with Crippen molar-refractivity contribution in [2.75, 3.05) is 16.0 Å². The molecule has 0 spiro atoms. The standard InChI is InChI=1S/C31H27N7O3/c1-20-5-11-25(16-28(20)37-31-33-15-13-27(36-31)24-4-3-14-32-19-24)34-18-22-7-9-23(10-8-22)30(39)35-26-12-6-21(2)29(17-26)38(40)41/h3-17,19,34H,18H2,1-2H3,(H,35,39)(H,33,36,37). The van der Waals surface area contributed by atoms with Crippen LogP contribution in [0.25, 0.3) is 11.3 Å². The van der Waals surface area contributed by atoms with E-state index in [9.17, 15) is 14.9 Å². The van der Waals surface area contributed by atoms with E-state index in [2.05, 4.69) is 30.9 Å². The van der Waals surface area contributed by atoms with Crippen molar-refractivity contribution < 1.29 is 9.72 Å². The van der Waals surface area contributed by atoms with Crippen LogP contribution in [0.4, 0.5) is 28.7 Å². The second-order valence-corrected chi connectivity index (χ2v) is 9.42. The predicted molar refractivity (Wildman–Crippen MR) is 159 cm³/mol. The van der Waals surface area contributed by atoms with E-state index in [0.29, 0.717) is 29.3 Å². The number of anilines is 4. The lowest BCUT2D eigenvalue weighted by Crippen LogP contribution is -2.12. The Labute approximate surface area is 236 Å². The molecule has 0 saturated carbocycles. The smallest absolute Gasteiger partial charge is 0.274 e. The summed E-state index contributed by atoms with van der Waals surface area (Å²) >= 11 is 0. The first-order valence-corrected chi connectivity index (χ1v) is 12.9. The lowest BCUT2D eigenvalue weighted by molar-refractivity contribution is -0.385. The molecule has 0 aliphatic carbocycles. The fourth-order valence-electron chi connectivity index (χ4n) is 4.15. The Morgan fingerprint density at radius 2 is 1.68 bits per heavy atom. The maximum absolute atomic E-state index is 12.7. The van der Waals surface area contributed by atoms with Crippen molar-refractivity contribution in [2.24, 2.45) is 0 Å². The molecule has 0 bridgehead atoms. The summed E-state index contributed by atoms with van der Waals surface area (Å²) in [6.07, 6.45) is 5.20. The third-order valence-electron chi connectivity index (χ3n) is 6.47. The van der Waals surface area contributed by atoms with Gasteiger partial charge < -0.3 is 16.0 Å². The molecule has 5 rings (SSSR count). The monoisotopic (exact) mass is 545 g/mol. The summed E-state index contributed by atoms with van der Waals surface area (Å²) in [6.45, 7) is 4.21. The van der Waals surface area contributed by atoms with Crippen molar-refractivity contribution in [1.29, 1.82) is 0 Å². The maximum atomic E-state index is 12.7. The van der Waals surface area contributed by atoms with Crippen molar-refractivity contribution in [1.82, 2.24) is 15.0 Å². The molecule has 0 unspecified atom stereocenters. The van der Waals surface area contributed by atoms with E-state index < -0.39 is 4.92 Å². The number of carbonyl (C=O) groups is 1. The number of nitrogens with zero attached hydrogens (tertiary/aromatic N) is 4. The van der Waals surface area contributed by atoms with Gasteiger partial charge in [0.2, 0.25) is 5.95 Å². The molecule has 5 aromatic rings.